The number of nitrogens with zero attached hydrogens (tertiary/aromatic N) is 1. The van der Waals surface area contributed by atoms with Crippen LogP contribution in [0.4, 0.5) is 14.5 Å². The molecule has 0 aromatic heterocycles. The number of hydrogen-bond donors (Lipinski definition) is 6. The molecule has 3 aromatic rings. The second-order valence-corrected chi connectivity index (χ2v) is 11.2. The van der Waals surface area contributed by atoms with Gasteiger partial charge in [0.25, 0.3) is 0 Å². The summed E-state index contributed by atoms with van der Waals surface area (Å²) < 4.78 is 32.5. The Balaban J connectivity index is 1.33. The van der Waals surface area contributed by atoms with Gasteiger partial charge in [-0.1, -0.05) is 24.3 Å². The molecule has 2 aliphatic rings. The lowest BCUT2D eigenvalue weighted by Gasteiger charge is -2.48. The second kappa shape index (κ2) is 13.0. The van der Waals surface area contributed by atoms with Crippen molar-refractivity contribution in [2.75, 3.05) is 11.5 Å². The van der Waals surface area contributed by atoms with E-state index in [-0.39, 0.29) is 30.9 Å². The lowest BCUT2D eigenvalue weighted by atomic mass is 9.77. The third-order valence-corrected chi connectivity index (χ3v) is 8.45. The molecule has 6 N–H and O–H groups in total. The summed E-state index contributed by atoms with van der Waals surface area (Å²) in [4.78, 5) is 14.8. The molecule has 0 saturated carbocycles. The molecule has 0 radical (unpaired) electrons. The fourth-order valence-corrected chi connectivity index (χ4v) is 5.99. The zero-order valence-corrected chi connectivity index (χ0v) is 23.2. The van der Waals surface area contributed by atoms with Crippen LogP contribution in [0.2, 0.25) is 0 Å². The number of aliphatic hydroxyl groups is 5. The van der Waals surface area contributed by atoms with Crippen LogP contribution >= 0.6 is 0 Å². The molecule has 8 atom stereocenters. The SMILES string of the molecule is O=C1[C@H](CC[C@H](O)c2ccc(F)cc2)[C@@H](c2ccc(CC[C@@H]3OC(CO)[C@@H](O)[C@H](O)C3O)cc2O)N1c1ccc(F)cc1. The first-order chi connectivity index (χ1) is 20.6. The maximum absolute atomic E-state index is 13.6. The molecule has 2 heterocycles. The molecule has 2 aliphatic heterocycles. The van der Waals surface area contributed by atoms with Crippen molar-refractivity contribution in [1.29, 1.82) is 0 Å². The van der Waals surface area contributed by atoms with E-state index < -0.39 is 66.8 Å². The van der Waals surface area contributed by atoms with Crippen molar-refractivity contribution in [3.63, 3.8) is 0 Å². The van der Waals surface area contributed by atoms with Crippen molar-refractivity contribution in [1.82, 2.24) is 0 Å². The topological polar surface area (TPSA) is 151 Å². The van der Waals surface area contributed by atoms with Gasteiger partial charge in [-0.15, -0.1) is 0 Å². The minimum Gasteiger partial charge on any atom is -0.508 e. The van der Waals surface area contributed by atoms with Gasteiger partial charge in [-0.2, -0.15) is 0 Å². The Kier molecular flexibility index (Phi) is 9.40. The van der Waals surface area contributed by atoms with Crippen molar-refractivity contribution in [2.45, 2.75) is 68.3 Å². The van der Waals surface area contributed by atoms with Gasteiger partial charge in [-0.25, -0.2) is 8.78 Å². The predicted molar refractivity (Wildman–Crippen MR) is 151 cm³/mol. The lowest BCUT2D eigenvalue weighted by molar-refractivity contribution is -0.230. The summed E-state index contributed by atoms with van der Waals surface area (Å²) in [5, 5.41) is 61.6. The number of aliphatic hydroxyl groups excluding tert-OH is 5. The van der Waals surface area contributed by atoms with Crippen LogP contribution in [-0.2, 0) is 16.0 Å². The van der Waals surface area contributed by atoms with Crippen LogP contribution in [0.5, 0.6) is 5.75 Å². The van der Waals surface area contributed by atoms with E-state index in [4.69, 9.17) is 4.74 Å². The zero-order valence-electron chi connectivity index (χ0n) is 23.2. The van der Waals surface area contributed by atoms with Gasteiger partial charge >= 0.3 is 0 Å². The summed E-state index contributed by atoms with van der Waals surface area (Å²) in [6.07, 6.45) is -6.01. The molecular weight excluding hydrogens is 564 g/mol. The van der Waals surface area contributed by atoms with Crippen LogP contribution in [-0.4, -0.2) is 73.7 Å². The standard InChI is InChI=1S/C32H35F2NO8/c33-19-5-3-18(4-6-19)24(37)13-12-23-28(35(32(23)42)21-9-7-20(34)8-10-21)22-11-1-17(15-25(22)38)2-14-26-29(39)31(41)30(40)27(16-36)43-26/h1,3-11,15,23-24,26-31,36-41H,2,12-14,16H2/t23-,24+,26+,27?,28-,29?,30-,31-/m1/s1. The highest BCUT2D eigenvalue weighted by molar-refractivity contribution is 6.03. The van der Waals surface area contributed by atoms with Crippen LogP contribution in [0.25, 0.3) is 0 Å². The summed E-state index contributed by atoms with van der Waals surface area (Å²) >= 11 is 0. The Morgan fingerprint density at radius 3 is 2.09 bits per heavy atom. The third-order valence-electron chi connectivity index (χ3n) is 8.45. The summed E-state index contributed by atoms with van der Waals surface area (Å²) in [5.41, 5.74) is 2.12. The van der Waals surface area contributed by atoms with Gasteiger partial charge in [0.15, 0.2) is 0 Å². The molecule has 43 heavy (non-hydrogen) atoms. The van der Waals surface area contributed by atoms with Crippen LogP contribution in [0, 0.1) is 17.6 Å². The van der Waals surface area contributed by atoms with Gasteiger partial charge < -0.3 is 40.3 Å². The first-order valence-corrected chi connectivity index (χ1v) is 14.2. The molecule has 0 bridgehead atoms. The Morgan fingerprint density at radius 1 is 0.837 bits per heavy atom. The van der Waals surface area contributed by atoms with E-state index in [1.807, 2.05) is 0 Å². The van der Waals surface area contributed by atoms with Crippen molar-refractivity contribution >= 4 is 11.6 Å². The number of rotatable bonds is 10. The molecule has 9 nitrogen and oxygen atoms in total. The van der Waals surface area contributed by atoms with Crippen molar-refractivity contribution < 1.29 is 49.0 Å². The predicted octanol–water partition coefficient (Wildman–Crippen LogP) is 2.66. The second-order valence-electron chi connectivity index (χ2n) is 11.2. The fraction of sp³-hybridized carbons (Fsp3) is 0.406. The number of halogens is 2. The highest BCUT2D eigenvalue weighted by Crippen LogP contribution is 2.48. The first-order valence-electron chi connectivity index (χ1n) is 14.2. The summed E-state index contributed by atoms with van der Waals surface area (Å²) in [6.45, 7) is -0.524. The smallest absolute Gasteiger partial charge is 0.233 e. The fourth-order valence-electron chi connectivity index (χ4n) is 5.99. The monoisotopic (exact) mass is 599 g/mol. The van der Waals surface area contributed by atoms with Gasteiger partial charge in [0.2, 0.25) is 5.91 Å². The largest absolute Gasteiger partial charge is 0.508 e. The molecule has 230 valence electrons. The van der Waals surface area contributed by atoms with E-state index in [9.17, 15) is 44.2 Å². The van der Waals surface area contributed by atoms with Crippen molar-refractivity contribution in [3.8, 4) is 5.75 Å². The molecule has 2 fully saturated rings. The minimum absolute atomic E-state index is 0.0833. The first kappa shape index (κ1) is 31.0. The Labute approximate surface area is 247 Å². The zero-order chi connectivity index (χ0) is 30.8. The molecule has 0 spiro atoms. The normalized spacial score (nSPS) is 28.0. The minimum atomic E-state index is -1.47. The Bertz CT molecular complexity index is 1400. The number of benzene rings is 3. The van der Waals surface area contributed by atoms with Crippen LogP contribution < -0.4 is 4.90 Å². The van der Waals surface area contributed by atoms with Gasteiger partial charge in [0, 0.05) is 11.3 Å². The molecule has 1 amide bonds. The van der Waals surface area contributed by atoms with Gasteiger partial charge in [-0.05, 0) is 79.3 Å². The third kappa shape index (κ3) is 6.42. The highest BCUT2D eigenvalue weighted by atomic mass is 19.1. The van der Waals surface area contributed by atoms with E-state index in [1.54, 1.807) is 12.1 Å². The summed E-state index contributed by atoms with van der Waals surface area (Å²) in [6, 6.07) is 15.3. The highest BCUT2D eigenvalue weighted by Gasteiger charge is 2.49. The average Bonchev–Trinajstić information content (AvgIpc) is 3.00. The molecule has 3 aromatic carbocycles. The summed E-state index contributed by atoms with van der Waals surface area (Å²) in [7, 11) is 0. The number of hydrogen-bond acceptors (Lipinski definition) is 8. The summed E-state index contributed by atoms with van der Waals surface area (Å²) in [5.74, 6) is -1.80. The number of anilines is 1. The molecule has 2 unspecified atom stereocenters. The number of β-lactam (4-membered cyclic amide) rings is 1. The van der Waals surface area contributed by atoms with Crippen LogP contribution in [0.3, 0.4) is 0 Å². The van der Waals surface area contributed by atoms with E-state index in [1.165, 1.54) is 59.5 Å². The molecule has 11 heteroatoms. The number of aryl methyl sites for hydroxylation is 1. The molecular formula is C32H35F2NO8. The molecule has 0 aliphatic carbocycles. The number of amides is 1. The van der Waals surface area contributed by atoms with Crippen molar-refractivity contribution in [3.05, 3.63) is 95.1 Å². The molecule has 2 saturated heterocycles. The number of aromatic hydroxyl groups is 1. The number of phenols is 1. The maximum Gasteiger partial charge on any atom is 0.233 e. The van der Waals surface area contributed by atoms with Gasteiger partial charge in [0.1, 0.15) is 41.8 Å². The molecule has 5 rings (SSSR count). The van der Waals surface area contributed by atoms with E-state index in [0.717, 1.165) is 0 Å². The average molecular weight is 600 g/mol. The number of carbonyl (C=O) groups is 1. The number of ether oxygens (including phenoxy) is 1. The van der Waals surface area contributed by atoms with Gasteiger partial charge in [-0.3, -0.25) is 4.79 Å². The van der Waals surface area contributed by atoms with Crippen LogP contribution in [0.15, 0.2) is 66.7 Å². The number of carbonyl (C=O) groups excluding carboxylic acids is 1. The number of phenolic OH excluding ortho intramolecular Hbond substituents is 1. The quantitative estimate of drug-likeness (QED) is 0.195. The Hall–Kier alpha value is -3.45. The van der Waals surface area contributed by atoms with Crippen LogP contribution in [0.1, 0.15) is 48.1 Å². The van der Waals surface area contributed by atoms with Crippen molar-refractivity contribution in [2.24, 2.45) is 5.92 Å². The van der Waals surface area contributed by atoms with E-state index in [2.05, 4.69) is 0 Å². The Morgan fingerprint density at radius 2 is 1.47 bits per heavy atom. The van der Waals surface area contributed by atoms with E-state index in [0.29, 0.717) is 28.8 Å². The maximum atomic E-state index is 13.6. The van der Waals surface area contributed by atoms with Gasteiger partial charge in [0.05, 0.1) is 30.8 Å². The van der Waals surface area contributed by atoms with E-state index >= 15 is 0 Å². The lowest BCUT2D eigenvalue weighted by Crippen LogP contribution is -2.58.